The van der Waals surface area contributed by atoms with Gasteiger partial charge in [-0.15, -0.1) is 0 Å². The Hall–Kier alpha value is -2.08. The Morgan fingerprint density at radius 3 is 2.73 bits per heavy atom. The van der Waals surface area contributed by atoms with E-state index in [9.17, 15) is 14.4 Å². The van der Waals surface area contributed by atoms with E-state index in [1.807, 2.05) is 0 Å². The van der Waals surface area contributed by atoms with Crippen molar-refractivity contribution >= 4 is 29.3 Å². The SMILES string of the molecule is CC(=O)N1CCC[C@@H](C(=O)NNC(=O)c2cccc(Cl)c2)C1. The van der Waals surface area contributed by atoms with Crippen LogP contribution in [0.5, 0.6) is 0 Å². The summed E-state index contributed by atoms with van der Waals surface area (Å²) < 4.78 is 0. The first-order valence-electron chi connectivity index (χ1n) is 7.08. The largest absolute Gasteiger partial charge is 0.342 e. The first-order chi connectivity index (χ1) is 10.5. The normalized spacial score (nSPS) is 17.7. The molecule has 2 rings (SSSR count). The third-order valence-corrected chi connectivity index (χ3v) is 3.86. The molecule has 0 aliphatic carbocycles. The highest BCUT2D eigenvalue weighted by Gasteiger charge is 2.27. The van der Waals surface area contributed by atoms with Crippen molar-refractivity contribution in [3.05, 3.63) is 34.9 Å². The van der Waals surface area contributed by atoms with Crippen molar-refractivity contribution in [3.63, 3.8) is 0 Å². The second kappa shape index (κ2) is 7.26. The number of piperidine rings is 1. The summed E-state index contributed by atoms with van der Waals surface area (Å²) in [4.78, 5) is 37.0. The molecule has 3 amide bonds. The van der Waals surface area contributed by atoms with Crippen molar-refractivity contribution in [2.45, 2.75) is 19.8 Å². The Kier molecular flexibility index (Phi) is 5.38. The van der Waals surface area contributed by atoms with E-state index < -0.39 is 5.91 Å². The van der Waals surface area contributed by atoms with Crippen molar-refractivity contribution in [2.24, 2.45) is 5.92 Å². The molecule has 6 nitrogen and oxygen atoms in total. The zero-order chi connectivity index (χ0) is 16.1. The summed E-state index contributed by atoms with van der Waals surface area (Å²) in [6.07, 6.45) is 1.47. The van der Waals surface area contributed by atoms with Crippen molar-refractivity contribution in [3.8, 4) is 0 Å². The monoisotopic (exact) mass is 323 g/mol. The number of likely N-dealkylation sites (tertiary alicyclic amines) is 1. The number of benzene rings is 1. The number of carbonyl (C=O) groups is 3. The van der Waals surface area contributed by atoms with Crippen LogP contribution in [0.2, 0.25) is 5.02 Å². The van der Waals surface area contributed by atoms with Crippen molar-refractivity contribution in [2.75, 3.05) is 13.1 Å². The molecule has 118 valence electrons. The van der Waals surface area contributed by atoms with Gasteiger partial charge in [0.2, 0.25) is 11.8 Å². The highest BCUT2D eigenvalue weighted by molar-refractivity contribution is 6.30. The molecule has 0 radical (unpaired) electrons. The molecule has 0 saturated carbocycles. The van der Waals surface area contributed by atoms with Crippen LogP contribution in [0.15, 0.2) is 24.3 Å². The lowest BCUT2D eigenvalue weighted by Gasteiger charge is -2.31. The molecule has 1 atom stereocenters. The standard InChI is InChI=1S/C15H18ClN3O3/c1-10(20)19-7-3-5-12(9-19)15(22)18-17-14(21)11-4-2-6-13(16)8-11/h2,4,6,8,12H,3,5,7,9H2,1H3,(H,17,21)(H,18,22)/t12-/m1/s1. The van der Waals surface area contributed by atoms with E-state index in [2.05, 4.69) is 10.9 Å². The summed E-state index contributed by atoms with van der Waals surface area (Å²) in [5.74, 6) is -1.07. The summed E-state index contributed by atoms with van der Waals surface area (Å²) in [6, 6.07) is 6.44. The van der Waals surface area contributed by atoms with E-state index in [1.54, 1.807) is 23.1 Å². The first-order valence-corrected chi connectivity index (χ1v) is 7.46. The van der Waals surface area contributed by atoms with Gasteiger partial charge in [-0.2, -0.15) is 0 Å². The van der Waals surface area contributed by atoms with Gasteiger partial charge in [0.15, 0.2) is 0 Å². The lowest BCUT2D eigenvalue weighted by molar-refractivity contribution is -0.134. The summed E-state index contributed by atoms with van der Waals surface area (Å²) in [7, 11) is 0. The van der Waals surface area contributed by atoms with E-state index in [1.165, 1.54) is 13.0 Å². The number of hydrazine groups is 1. The molecule has 1 fully saturated rings. The van der Waals surface area contributed by atoms with E-state index in [0.29, 0.717) is 30.1 Å². The highest BCUT2D eigenvalue weighted by atomic mass is 35.5. The van der Waals surface area contributed by atoms with Crippen LogP contribution < -0.4 is 10.9 Å². The van der Waals surface area contributed by atoms with Gasteiger partial charge in [-0.1, -0.05) is 17.7 Å². The molecule has 2 N–H and O–H groups in total. The van der Waals surface area contributed by atoms with Crippen LogP contribution in [-0.2, 0) is 9.59 Å². The smallest absolute Gasteiger partial charge is 0.269 e. The van der Waals surface area contributed by atoms with Gasteiger partial charge >= 0.3 is 0 Å². The molecular formula is C15H18ClN3O3. The van der Waals surface area contributed by atoms with Gasteiger partial charge in [0.1, 0.15) is 0 Å². The van der Waals surface area contributed by atoms with Gasteiger partial charge in [-0.3, -0.25) is 25.2 Å². The van der Waals surface area contributed by atoms with Crippen molar-refractivity contribution in [1.29, 1.82) is 0 Å². The summed E-state index contributed by atoms with van der Waals surface area (Å²) >= 11 is 5.81. The van der Waals surface area contributed by atoms with Crippen LogP contribution >= 0.6 is 11.6 Å². The Morgan fingerprint density at radius 2 is 2.05 bits per heavy atom. The zero-order valence-electron chi connectivity index (χ0n) is 12.3. The van der Waals surface area contributed by atoms with Gasteiger partial charge in [-0.05, 0) is 31.0 Å². The molecule has 1 aromatic rings. The predicted octanol–water partition coefficient (Wildman–Crippen LogP) is 1.36. The molecule has 22 heavy (non-hydrogen) atoms. The molecule has 0 spiro atoms. The van der Waals surface area contributed by atoms with Crippen LogP contribution in [0, 0.1) is 5.92 Å². The Morgan fingerprint density at radius 1 is 1.27 bits per heavy atom. The number of nitrogens with zero attached hydrogens (tertiary/aromatic N) is 1. The number of hydrogen-bond acceptors (Lipinski definition) is 3. The van der Waals surface area contributed by atoms with Gasteiger partial charge in [0.25, 0.3) is 5.91 Å². The van der Waals surface area contributed by atoms with E-state index in [0.717, 1.165) is 6.42 Å². The van der Waals surface area contributed by atoms with Crippen molar-refractivity contribution < 1.29 is 14.4 Å². The van der Waals surface area contributed by atoms with Crippen molar-refractivity contribution in [1.82, 2.24) is 15.8 Å². The average Bonchev–Trinajstić information content (AvgIpc) is 2.52. The number of hydrogen-bond donors (Lipinski definition) is 2. The molecule has 1 aromatic carbocycles. The Balaban J connectivity index is 1.87. The lowest BCUT2D eigenvalue weighted by Crippen LogP contribution is -2.49. The second-order valence-electron chi connectivity index (χ2n) is 5.26. The Labute approximate surface area is 133 Å². The number of halogens is 1. The van der Waals surface area contributed by atoms with Crippen LogP contribution in [0.25, 0.3) is 0 Å². The fourth-order valence-electron chi connectivity index (χ4n) is 2.40. The molecular weight excluding hydrogens is 306 g/mol. The summed E-state index contributed by atoms with van der Waals surface area (Å²) in [5.41, 5.74) is 5.14. The number of nitrogens with one attached hydrogen (secondary N) is 2. The minimum atomic E-state index is -0.435. The molecule has 1 saturated heterocycles. The highest BCUT2D eigenvalue weighted by Crippen LogP contribution is 2.16. The number of amides is 3. The molecule has 0 bridgehead atoms. The third-order valence-electron chi connectivity index (χ3n) is 3.62. The molecule has 7 heteroatoms. The van der Waals surface area contributed by atoms with E-state index in [4.69, 9.17) is 11.6 Å². The maximum Gasteiger partial charge on any atom is 0.269 e. The van der Waals surface area contributed by atoms with Crippen LogP contribution in [0.3, 0.4) is 0 Å². The Bertz CT molecular complexity index is 591. The minimum Gasteiger partial charge on any atom is -0.342 e. The summed E-state index contributed by atoms with van der Waals surface area (Å²) in [6.45, 7) is 2.55. The van der Waals surface area contributed by atoms with Crippen LogP contribution in [-0.4, -0.2) is 35.7 Å². The van der Waals surface area contributed by atoms with E-state index >= 15 is 0 Å². The van der Waals surface area contributed by atoms with Gasteiger partial charge in [-0.25, -0.2) is 0 Å². The van der Waals surface area contributed by atoms with Crippen LogP contribution in [0.4, 0.5) is 0 Å². The topological polar surface area (TPSA) is 78.5 Å². The zero-order valence-corrected chi connectivity index (χ0v) is 13.0. The minimum absolute atomic E-state index is 0.0412. The third kappa shape index (κ3) is 4.21. The van der Waals surface area contributed by atoms with Crippen LogP contribution in [0.1, 0.15) is 30.1 Å². The van der Waals surface area contributed by atoms with Gasteiger partial charge < -0.3 is 4.90 Å². The number of rotatable bonds is 2. The molecule has 1 aliphatic rings. The maximum absolute atomic E-state index is 12.1. The molecule has 0 aromatic heterocycles. The van der Waals surface area contributed by atoms with E-state index in [-0.39, 0.29) is 17.7 Å². The molecule has 0 unspecified atom stereocenters. The number of carbonyl (C=O) groups excluding carboxylic acids is 3. The lowest BCUT2D eigenvalue weighted by atomic mass is 9.97. The predicted molar refractivity (Wildman–Crippen MR) is 82.0 cm³/mol. The second-order valence-corrected chi connectivity index (χ2v) is 5.69. The maximum atomic E-state index is 12.1. The van der Waals surface area contributed by atoms with Gasteiger partial charge in [0, 0.05) is 30.6 Å². The van der Waals surface area contributed by atoms with Gasteiger partial charge in [0.05, 0.1) is 5.92 Å². The molecule has 1 aliphatic heterocycles. The fraction of sp³-hybridized carbons (Fsp3) is 0.400. The average molecular weight is 324 g/mol. The summed E-state index contributed by atoms with van der Waals surface area (Å²) in [5, 5.41) is 0.448. The first kappa shape index (κ1) is 16.3. The fourth-order valence-corrected chi connectivity index (χ4v) is 2.59. The quantitative estimate of drug-likeness (QED) is 0.807. The molecule has 1 heterocycles.